The molecule has 0 aliphatic carbocycles. The average molecular weight is 303 g/mol. The normalized spacial score (nSPS) is 10.9. The molecular formula is C17H15F2NO2. The van der Waals surface area contributed by atoms with Gasteiger partial charge in [-0.05, 0) is 42.8 Å². The third kappa shape index (κ3) is 5.01. The molecule has 0 heterocycles. The smallest absolute Gasteiger partial charge is 0.387 e. The Morgan fingerprint density at radius 2 is 1.73 bits per heavy atom. The van der Waals surface area contributed by atoms with E-state index in [1.165, 1.54) is 18.2 Å². The van der Waals surface area contributed by atoms with Crippen LogP contribution in [0.15, 0.2) is 54.6 Å². The first kappa shape index (κ1) is 15.7. The largest absolute Gasteiger partial charge is 0.435 e. The maximum Gasteiger partial charge on any atom is 0.387 e. The van der Waals surface area contributed by atoms with Crippen molar-refractivity contribution in [3.8, 4) is 5.75 Å². The molecule has 2 aromatic carbocycles. The Kier molecular flexibility index (Phi) is 5.25. The Morgan fingerprint density at radius 1 is 1.09 bits per heavy atom. The summed E-state index contributed by atoms with van der Waals surface area (Å²) in [5, 5.41) is 2.73. The standard InChI is InChI=1S/C17H15F2NO2/c1-12-2-7-14(8-3-12)20-16(21)11-6-13-4-9-15(10-5-13)22-17(18)19/h2-11,17H,1H3,(H,20,21)/b11-6+. The SMILES string of the molecule is Cc1ccc(NC(=O)/C=C/c2ccc(OC(F)F)cc2)cc1. The van der Waals surface area contributed by atoms with Gasteiger partial charge in [0.1, 0.15) is 5.75 Å². The zero-order valence-electron chi connectivity index (χ0n) is 11.9. The fraction of sp³-hybridized carbons (Fsp3) is 0.118. The van der Waals surface area contributed by atoms with Crippen molar-refractivity contribution in [3.05, 3.63) is 65.7 Å². The summed E-state index contributed by atoms with van der Waals surface area (Å²) in [5.74, 6) is -0.187. The molecule has 2 aromatic rings. The first-order valence-corrected chi connectivity index (χ1v) is 6.63. The van der Waals surface area contributed by atoms with E-state index in [4.69, 9.17) is 0 Å². The Morgan fingerprint density at radius 3 is 2.32 bits per heavy atom. The maximum atomic E-state index is 12.0. The Balaban J connectivity index is 1.93. The number of aryl methyl sites for hydroxylation is 1. The molecule has 0 fully saturated rings. The molecule has 3 nitrogen and oxygen atoms in total. The van der Waals surface area contributed by atoms with E-state index in [2.05, 4.69) is 10.1 Å². The number of carbonyl (C=O) groups excluding carboxylic acids is 1. The summed E-state index contributed by atoms with van der Waals surface area (Å²) < 4.78 is 28.3. The van der Waals surface area contributed by atoms with E-state index in [1.54, 1.807) is 18.2 Å². The van der Waals surface area contributed by atoms with Crippen LogP contribution >= 0.6 is 0 Å². The number of anilines is 1. The van der Waals surface area contributed by atoms with Crippen molar-refractivity contribution >= 4 is 17.7 Å². The Bertz CT molecular complexity index is 649. The third-order valence-corrected chi connectivity index (χ3v) is 2.85. The predicted molar refractivity (Wildman–Crippen MR) is 81.9 cm³/mol. The van der Waals surface area contributed by atoms with E-state index in [0.29, 0.717) is 11.3 Å². The van der Waals surface area contributed by atoms with Crippen LogP contribution in [-0.4, -0.2) is 12.5 Å². The lowest BCUT2D eigenvalue weighted by atomic mass is 10.2. The van der Waals surface area contributed by atoms with E-state index in [-0.39, 0.29) is 11.7 Å². The molecule has 0 radical (unpaired) electrons. The minimum Gasteiger partial charge on any atom is -0.435 e. The number of ether oxygens (including phenoxy) is 1. The molecule has 0 saturated heterocycles. The number of carbonyl (C=O) groups is 1. The molecule has 0 atom stereocenters. The van der Waals surface area contributed by atoms with E-state index >= 15 is 0 Å². The minimum absolute atomic E-state index is 0.0799. The van der Waals surface area contributed by atoms with Crippen molar-refractivity contribution in [1.82, 2.24) is 0 Å². The highest BCUT2D eigenvalue weighted by Crippen LogP contribution is 2.15. The van der Waals surface area contributed by atoms with Crippen molar-refractivity contribution in [2.24, 2.45) is 0 Å². The van der Waals surface area contributed by atoms with Crippen molar-refractivity contribution in [2.45, 2.75) is 13.5 Å². The van der Waals surface area contributed by atoms with Gasteiger partial charge in [-0.25, -0.2) is 0 Å². The lowest BCUT2D eigenvalue weighted by Crippen LogP contribution is -2.07. The lowest BCUT2D eigenvalue weighted by Gasteiger charge is -2.04. The predicted octanol–water partition coefficient (Wildman–Crippen LogP) is 4.25. The molecular weight excluding hydrogens is 288 g/mol. The van der Waals surface area contributed by atoms with Gasteiger partial charge in [0.25, 0.3) is 0 Å². The minimum atomic E-state index is -2.85. The van der Waals surface area contributed by atoms with E-state index < -0.39 is 6.61 Å². The number of hydrogen-bond donors (Lipinski definition) is 1. The van der Waals surface area contributed by atoms with Crippen LogP contribution in [0.1, 0.15) is 11.1 Å². The van der Waals surface area contributed by atoms with Crippen LogP contribution in [0.2, 0.25) is 0 Å². The Hall–Kier alpha value is -2.69. The summed E-state index contributed by atoms with van der Waals surface area (Å²) in [6.45, 7) is -0.880. The highest BCUT2D eigenvalue weighted by molar-refractivity contribution is 6.01. The Labute approximate surface area is 127 Å². The van der Waals surface area contributed by atoms with Gasteiger partial charge in [-0.2, -0.15) is 8.78 Å². The highest BCUT2D eigenvalue weighted by atomic mass is 19.3. The van der Waals surface area contributed by atoms with Crippen LogP contribution < -0.4 is 10.1 Å². The summed E-state index contributed by atoms with van der Waals surface area (Å²) >= 11 is 0. The van der Waals surface area contributed by atoms with Crippen LogP contribution in [0.5, 0.6) is 5.75 Å². The molecule has 0 aliphatic rings. The van der Waals surface area contributed by atoms with Crippen molar-refractivity contribution in [3.63, 3.8) is 0 Å². The third-order valence-electron chi connectivity index (χ3n) is 2.85. The van der Waals surface area contributed by atoms with Crippen LogP contribution in [0.25, 0.3) is 6.08 Å². The topological polar surface area (TPSA) is 38.3 Å². The number of benzene rings is 2. The second kappa shape index (κ2) is 7.36. The van der Waals surface area contributed by atoms with Crippen LogP contribution in [0.4, 0.5) is 14.5 Å². The summed E-state index contributed by atoms with van der Waals surface area (Å²) in [4.78, 5) is 11.8. The van der Waals surface area contributed by atoms with Crippen LogP contribution in [-0.2, 0) is 4.79 Å². The monoisotopic (exact) mass is 303 g/mol. The number of hydrogen-bond acceptors (Lipinski definition) is 2. The zero-order valence-corrected chi connectivity index (χ0v) is 11.9. The molecule has 0 aromatic heterocycles. The van der Waals surface area contributed by atoms with E-state index in [1.807, 2.05) is 31.2 Å². The number of alkyl halides is 2. The van der Waals surface area contributed by atoms with Gasteiger partial charge in [0.05, 0.1) is 0 Å². The van der Waals surface area contributed by atoms with Gasteiger partial charge in [0.15, 0.2) is 0 Å². The van der Waals surface area contributed by atoms with E-state index in [9.17, 15) is 13.6 Å². The first-order chi connectivity index (χ1) is 10.5. The summed E-state index contributed by atoms with van der Waals surface area (Å²) in [6, 6.07) is 13.5. The van der Waals surface area contributed by atoms with Crippen molar-refractivity contribution in [1.29, 1.82) is 0 Å². The molecule has 0 unspecified atom stereocenters. The van der Waals surface area contributed by atoms with Gasteiger partial charge in [-0.1, -0.05) is 29.8 Å². The van der Waals surface area contributed by atoms with Gasteiger partial charge in [0.2, 0.25) is 5.91 Å². The van der Waals surface area contributed by atoms with Crippen molar-refractivity contribution in [2.75, 3.05) is 5.32 Å². The fourth-order valence-corrected chi connectivity index (χ4v) is 1.75. The first-order valence-electron chi connectivity index (χ1n) is 6.63. The molecule has 0 saturated carbocycles. The molecule has 1 N–H and O–H groups in total. The molecule has 114 valence electrons. The van der Waals surface area contributed by atoms with Gasteiger partial charge in [0, 0.05) is 11.8 Å². The van der Waals surface area contributed by atoms with Gasteiger partial charge >= 0.3 is 6.61 Å². The molecule has 1 amide bonds. The second-order valence-corrected chi connectivity index (χ2v) is 4.64. The van der Waals surface area contributed by atoms with Crippen LogP contribution in [0, 0.1) is 6.92 Å². The molecule has 0 aliphatic heterocycles. The van der Waals surface area contributed by atoms with Gasteiger partial charge in [-0.15, -0.1) is 0 Å². The molecule has 2 rings (SSSR count). The maximum absolute atomic E-state index is 12.0. The number of nitrogens with one attached hydrogen (secondary N) is 1. The van der Waals surface area contributed by atoms with Crippen LogP contribution in [0.3, 0.4) is 0 Å². The number of amides is 1. The van der Waals surface area contributed by atoms with Gasteiger partial charge in [-0.3, -0.25) is 4.79 Å². The summed E-state index contributed by atoms with van der Waals surface area (Å²) in [6.07, 6.45) is 2.97. The van der Waals surface area contributed by atoms with Crippen molar-refractivity contribution < 1.29 is 18.3 Å². The zero-order chi connectivity index (χ0) is 15.9. The lowest BCUT2D eigenvalue weighted by molar-refractivity contribution is -0.111. The molecule has 0 bridgehead atoms. The number of rotatable bonds is 5. The number of halogens is 2. The summed E-state index contributed by atoms with van der Waals surface area (Å²) in [5.41, 5.74) is 2.53. The quantitative estimate of drug-likeness (QED) is 0.839. The molecule has 0 spiro atoms. The van der Waals surface area contributed by atoms with Gasteiger partial charge < -0.3 is 10.1 Å². The van der Waals surface area contributed by atoms with E-state index in [0.717, 1.165) is 5.56 Å². The molecule has 5 heteroatoms. The molecule has 22 heavy (non-hydrogen) atoms. The average Bonchev–Trinajstić information content (AvgIpc) is 2.48. The second-order valence-electron chi connectivity index (χ2n) is 4.64. The summed E-state index contributed by atoms with van der Waals surface area (Å²) in [7, 11) is 0. The highest BCUT2D eigenvalue weighted by Gasteiger charge is 2.03. The fourth-order valence-electron chi connectivity index (χ4n) is 1.75.